The van der Waals surface area contributed by atoms with E-state index in [1.54, 1.807) is 6.07 Å². The minimum atomic E-state index is -3.58. The molecular weight excluding hydrogens is 288 g/mol. The quantitative estimate of drug-likeness (QED) is 0.624. The number of nitrogens with one attached hydrogen (secondary N) is 1. The molecule has 3 N–H and O–H groups in total. The second kappa shape index (κ2) is 6.66. The van der Waals surface area contributed by atoms with E-state index in [9.17, 15) is 8.42 Å². The zero-order valence-electron chi connectivity index (χ0n) is 12.7. The highest BCUT2D eigenvalue weighted by Crippen LogP contribution is 2.34. The number of anilines is 1. The molecule has 21 heavy (non-hydrogen) atoms. The minimum Gasteiger partial charge on any atom is -0.492 e. The molecule has 1 aromatic carbocycles. The molecule has 118 valence electrons. The van der Waals surface area contributed by atoms with E-state index < -0.39 is 10.0 Å². The molecule has 5 nitrogen and oxygen atoms in total. The molecule has 0 radical (unpaired) electrons. The number of rotatable bonds is 6. The van der Waals surface area contributed by atoms with Gasteiger partial charge >= 0.3 is 0 Å². The number of benzene rings is 1. The third kappa shape index (κ3) is 4.11. The molecule has 0 bridgehead atoms. The average Bonchev–Trinajstić information content (AvgIpc) is 2.42. The van der Waals surface area contributed by atoms with Gasteiger partial charge in [0.2, 0.25) is 10.0 Å². The van der Waals surface area contributed by atoms with Crippen LogP contribution in [0.1, 0.15) is 38.7 Å². The molecule has 1 aliphatic rings. The standard InChI is InChI=1S/C15H24N2O3S/c1-11(2)5-3-7-17-21(18,19)14-10-13(16)9-12-6-4-8-20-15(12)14/h9-11,17H,3-8,16H2,1-2H3. The number of hydrogen-bond donors (Lipinski definition) is 2. The molecule has 6 heteroatoms. The van der Waals surface area contributed by atoms with Gasteiger partial charge in [-0.3, -0.25) is 0 Å². The fourth-order valence-electron chi connectivity index (χ4n) is 2.46. The maximum Gasteiger partial charge on any atom is 0.244 e. The van der Waals surface area contributed by atoms with Crippen LogP contribution in [0.4, 0.5) is 5.69 Å². The summed E-state index contributed by atoms with van der Waals surface area (Å²) in [6.45, 7) is 5.23. The van der Waals surface area contributed by atoms with Gasteiger partial charge in [-0.15, -0.1) is 0 Å². The Balaban J connectivity index is 2.18. The summed E-state index contributed by atoms with van der Waals surface area (Å²) >= 11 is 0. The number of fused-ring (bicyclic) bond motifs is 1. The van der Waals surface area contributed by atoms with Gasteiger partial charge in [0.1, 0.15) is 10.6 Å². The number of nitrogen functional groups attached to an aromatic ring is 1. The Morgan fingerprint density at radius 1 is 1.38 bits per heavy atom. The highest BCUT2D eigenvalue weighted by molar-refractivity contribution is 7.89. The van der Waals surface area contributed by atoms with Crippen molar-refractivity contribution in [2.45, 2.75) is 44.4 Å². The SMILES string of the molecule is CC(C)CCCNS(=O)(=O)c1cc(N)cc2c1OCCC2. The van der Waals surface area contributed by atoms with E-state index in [1.807, 2.05) is 0 Å². The first-order chi connectivity index (χ1) is 9.90. The van der Waals surface area contributed by atoms with E-state index in [-0.39, 0.29) is 4.90 Å². The van der Waals surface area contributed by atoms with Crippen molar-refractivity contribution >= 4 is 15.7 Å². The molecule has 0 unspecified atom stereocenters. The maximum absolute atomic E-state index is 12.5. The summed E-state index contributed by atoms with van der Waals surface area (Å²) in [7, 11) is -3.58. The summed E-state index contributed by atoms with van der Waals surface area (Å²) in [6, 6.07) is 3.28. The van der Waals surface area contributed by atoms with E-state index in [2.05, 4.69) is 18.6 Å². The molecule has 0 saturated heterocycles. The van der Waals surface area contributed by atoms with Gasteiger partial charge < -0.3 is 10.5 Å². The Morgan fingerprint density at radius 2 is 2.14 bits per heavy atom. The lowest BCUT2D eigenvalue weighted by molar-refractivity contribution is 0.280. The third-order valence-electron chi connectivity index (χ3n) is 3.53. The van der Waals surface area contributed by atoms with E-state index in [0.717, 1.165) is 31.2 Å². The predicted molar refractivity (Wildman–Crippen MR) is 83.9 cm³/mol. The second-order valence-corrected chi connectivity index (χ2v) is 7.63. The molecule has 0 atom stereocenters. The summed E-state index contributed by atoms with van der Waals surface area (Å²) < 4.78 is 33.1. The lowest BCUT2D eigenvalue weighted by atomic mass is 10.1. The second-order valence-electron chi connectivity index (χ2n) is 5.89. The fraction of sp³-hybridized carbons (Fsp3) is 0.600. The van der Waals surface area contributed by atoms with Gasteiger partial charge in [0, 0.05) is 12.2 Å². The summed E-state index contributed by atoms with van der Waals surface area (Å²) in [5.41, 5.74) is 7.16. The van der Waals surface area contributed by atoms with Crippen molar-refractivity contribution in [3.63, 3.8) is 0 Å². The zero-order valence-corrected chi connectivity index (χ0v) is 13.5. The van der Waals surface area contributed by atoms with Crippen LogP contribution in [-0.4, -0.2) is 21.6 Å². The van der Waals surface area contributed by atoms with Crippen LogP contribution in [0.3, 0.4) is 0 Å². The van der Waals surface area contributed by atoms with Gasteiger partial charge in [0.05, 0.1) is 6.61 Å². The molecule has 2 rings (SSSR count). The van der Waals surface area contributed by atoms with Crippen LogP contribution in [0, 0.1) is 5.92 Å². The average molecular weight is 312 g/mol. The molecule has 0 aliphatic carbocycles. The summed E-state index contributed by atoms with van der Waals surface area (Å²) in [6.07, 6.45) is 3.50. The van der Waals surface area contributed by atoms with Crippen LogP contribution in [0.5, 0.6) is 5.75 Å². The molecule has 0 aromatic heterocycles. The van der Waals surface area contributed by atoms with Crippen molar-refractivity contribution in [1.29, 1.82) is 0 Å². The van der Waals surface area contributed by atoms with Gasteiger partial charge in [-0.25, -0.2) is 13.1 Å². The molecular formula is C15H24N2O3S. The van der Waals surface area contributed by atoms with Gasteiger partial charge in [-0.05, 0) is 49.3 Å². The van der Waals surface area contributed by atoms with Gasteiger partial charge in [-0.1, -0.05) is 13.8 Å². The van der Waals surface area contributed by atoms with Crippen molar-refractivity contribution in [3.05, 3.63) is 17.7 Å². The molecule has 0 amide bonds. The number of aryl methyl sites for hydroxylation is 1. The largest absolute Gasteiger partial charge is 0.492 e. The van der Waals surface area contributed by atoms with Crippen molar-refractivity contribution in [2.75, 3.05) is 18.9 Å². The maximum atomic E-state index is 12.5. The molecule has 1 aromatic rings. The van der Waals surface area contributed by atoms with E-state index in [0.29, 0.717) is 30.5 Å². The number of hydrogen-bond acceptors (Lipinski definition) is 4. The summed E-state index contributed by atoms with van der Waals surface area (Å²) in [4.78, 5) is 0.168. The highest BCUT2D eigenvalue weighted by atomic mass is 32.2. The molecule has 0 fully saturated rings. The number of ether oxygens (including phenoxy) is 1. The first kappa shape index (κ1) is 16.1. The van der Waals surface area contributed by atoms with Gasteiger partial charge in [0.15, 0.2) is 0 Å². The fourth-order valence-corrected chi connectivity index (χ4v) is 3.76. The molecule has 0 spiro atoms. The Labute approximate surface area is 126 Å². The topological polar surface area (TPSA) is 81.4 Å². The smallest absolute Gasteiger partial charge is 0.244 e. The van der Waals surface area contributed by atoms with E-state index in [1.165, 1.54) is 6.07 Å². The van der Waals surface area contributed by atoms with E-state index in [4.69, 9.17) is 10.5 Å². The Bertz CT molecular complexity index is 597. The lowest BCUT2D eigenvalue weighted by Crippen LogP contribution is -2.26. The zero-order chi connectivity index (χ0) is 15.5. The van der Waals surface area contributed by atoms with E-state index >= 15 is 0 Å². The molecule has 1 heterocycles. The Hall–Kier alpha value is -1.27. The predicted octanol–water partition coefficient (Wildman–Crippen LogP) is 2.31. The van der Waals surface area contributed by atoms with Crippen molar-refractivity contribution in [1.82, 2.24) is 4.72 Å². The van der Waals surface area contributed by atoms with Crippen LogP contribution in [-0.2, 0) is 16.4 Å². The Morgan fingerprint density at radius 3 is 2.86 bits per heavy atom. The van der Waals surface area contributed by atoms with Crippen molar-refractivity contribution < 1.29 is 13.2 Å². The first-order valence-corrected chi connectivity index (χ1v) is 8.93. The van der Waals surface area contributed by atoms with Gasteiger partial charge in [-0.2, -0.15) is 0 Å². The van der Waals surface area contributed by atoms with Crippen LogP contribution in [0.25, 0.3) is 0 Å². The Kier molecular flexibility index (Phi) is 5.11. The van der Waals surface area contributed by atoms with Crippen molar-refractivity contribution in [2.24, 2.45) is 5.92 Å². The van der Waals surface area contributed by atoms with Gasteiger partial charge in [0.25, 0.3) is 0 Å². The molecule has 0 saturated carbocycles. The molecule has 1 aliphatic heterocycles. The normalized spacial score (nSPS) is 14.8. The van der Waals surface area contributed by atoms with Crippen LogP contribution < -0.4 is 15.2 Å². The first-order valence-electron chi connectivity index (χ1n) is 7.45. The number of sulfonamides is 1. The summed E-state index contributed by atoms with van der Waals surface area (Å²) in [5, 5.41) is 0. The minimum absolute atomic E-state index is 0.168. The van der Waals surface area contributed by atoms with Crippen LogP contribution in [0.2, 0.25) is 0 Å². The van der Waals surface area contributed by atoms with Crippen LogP contribution >= 0.6 is 0 Å². The third-order valence-corrected chi connectivity index (χ3v) is 5.00. The summed E-state index contributed by atoms with van der Waals surface area (Å²) in [5.74, 6) is 1.03. The lowest BCUT2D eigenvalue weighted by Gasteiger charge is -2.21. The monoisotopic (exact) mass is 312 g/mol. The van der Waals surface area contributed by atoms with Crippen molar-refractivity contribution in [3.8, 4) is 5.75 Å². The van der Waals surface area contributed by atoms with Crippen LogP contribution in [0.15, 0.2) is 17.0 Å². The number of nitrogens with two attached hydrogens (primary N) is 1. The highest BCUT2D eigenvalue weighted by Gasteiger charge is 2.24.